The van der Waals surface area contributed by atoms with E-state index in [4.69, 9.17) is 11.6 Å². The highest BCUT2D eigenvalue weighted by atomic mass is 35.5. The molecule has 0 saturated carbocycles. The molecule has 2 aromatic heterocycles. The van der Waals surface area contributed by atoms with Crippen LogP contribution in [0.3, 0.4) is 0 Å². The van der Waals surface area contributed by atoms with Crippen molar-refractivity contribution in [2.24, 2.45) is 0 Å². The Hall–Kier alpha value is -2.07. The second-order valence-electron chi connectivity index (χ2n) is 4.03. The molecule has 0 amide bonds. The van der Waals surface area contributed by atoms with E-state index in [-0.39, 0.29) is 5.56 Å². The van der Waals surface area contributed by atoms with Crippen molar-refractivity contribution in [3.05, 3.63) is 69.2 Å². The molecule has 0 unspecified atom stereocenters. The van der Waals surface area contributed by atoms with Gasteiger partial charge in [-0.2, -0.15) is 5.10 Å². The van der Waals surface area contributed by atoms with Crippen LogP contribution in [0.2, 0.25) is 5.02 Å². The second kappa shape index (κ2) is 4.31. The molecule has 18 heavy (non-hydrogen) atoms. The fraction of sp³-hybridized carbons (Fsp3) is 0.0769. The first-order chi connectivity index (χ1) is 8.74. The van der Waals surface area contributed by atoms with Crippen LogP contribution in [-0.2, 0) is 6.42 Å². The molecule has 2 heterocycles. The van der Waals surface area contributed by atoms with Gasteiger partial charge >= 0.3 is 0 Å². The molecule has 0 saturated heterocycles. The fourth-order valence-corrected chi connectivity index (χ4v) is 2.18. The molecule has 5 heteroatoms. The van der Waals surface area contributed by atoms with Gasteiger partial charge in [-0.15, -0.1) is 0 Å². The number of fused-ring (bicyclic) bond motifs is 1. The van der Waals surface area contributed by atoms with E-state index in [0.717, 1.165) is 5.56 Å². The highest BCUT2D eigenvalue weighted by Crippen LogP contribution is 2.13. The smallest absolute Gasteiger partial charge is 0.257 e. The van der Waals surface area contributed by atoms with Crippen LogP contribution in [0.25, 0.3) is 5.65 Å². The molecular weight excluding hydrogens is 250 g/mol. The summed E-state index contributed by atoms with van der Waals surface area (Å²) in [6.45, 7) is 0. The Morgan fingerprint density at radius 1 is 1.22 bits per heavy atom. The molecule has 3 rings (SSSR count). The van der Waals surface area contributed by atoms with E-state index in [9.17, 15) is 4.79 Å². The van der Waals surface area contributed by atoms with Gasteiger partial charge in [-0.05, 0) is 23.8 Å². The monoisotopic (exact) mass is 259 g/mol. The third-order valence-electron chi connectivity index (χ3n) is 2.76. The summed E-state index contributed by atoms with van der Waals surface area (Å²) in [5.74, 6) is 0.679. The quantitative estimate of drug-likeness (QED) is 0.768. The average molecular weight is 260 g/mol. The molecule has 3 aromatic rings. The van der Waals surface area contributed by atoms with Gasteiger partial charge in [-0.25, -0.2) is 4.40 Å². The van der Waals surface area contributed by atoms with Crippen molar-refractivity contribution in [1.82, 2.24) is 14.6 Å². The molecule has 0 aliphatic rings. The van der Waals surface area contributed by atoms with Crippen LogP contribution < -0.4 is 5.56 Å². The van der Waals surface area contributed by atoms with Gasteiger partial charge in [-0.3, -0.25) is 9.89 Å². The Kier molecular flexibility index (Phi) is 2.64. The molecule has 0 aliphatic heterocycles. The van der Waals surface area contributed by atoms with E-state index >= 15 is 0 Å². The SMILES string of the molecule is O=c1cccc2[nH]nc(Cc3cccc(Cl)c3)n12. The lowest BCUT2D eigenvalue weighted by molar-refractivity contribution is 0.917. The Labute approximate surface area is 108 Å². The number of H-pyrrole nitrogens is 1. The molecule has 90 valence electrons. The normalized spacial score (nSPS) is 10.9. The topological polar surface area (TPSA) is 50.2 Å². The molecule has 0 bridgehead atoms. The van der Waals surface area contributed by atoms with E-state index in [1.165, 1.54) is 6.07 Å². The summed E-state index contributed by atoms with van der Waals surface area (Å²) in [5.41, 5.74) is 1.63. The Morgan fingerprint density at radius 3 is 2.89 bits per heavy atom. The van der Waals surface area contributed by atoms with Crippen molar-refractivity contribution in [1.29, 1.82) is 0 Å². The zero-order valence-corrected chi connectivity index (χ0v) is 10.2. The van der Waals surface area contributed by atoms with Gasteiger partial charge in [-0.1, -0.05) is 29.8 Å². The van der Waals surface area contributed by atoms with Crippen molar-refractivity contribution in [2.45, 2.75) is 6.42 Å². The maximum absolute atomic E-state index is 11.8. The molecule has 1 aromatic carbocycles. The number of hydrogen-bond acceptors (Lipinski definition) is 2. The van der Waals surface area contributed by atoms with Gasteiger partial charge in [0, 0.05) is 17.5 Å². The van der Waals surface area contributed by atoms with Crippen molar-refractivity contribution < 1.29 is 0 Å². The van der Waals surface area contributed by atoms with E-state index in [2.05, 4.69) is 10.2 Å². The van der Waals surface area contributed by atoms with Crippen LogP contribution in [-0.4, -0.2) is 14.6 Å². The number of benzene rings is 1. The highest BCUT2D eigenvalue weighted by molar-refractivity contribution is 6.30. The zero-order chi connectivity index (χ0) is 12.5. The predicted octanol–water partition coefficient (Wildman–Crippen LogP) is 2.27. The Balaban J connectivity index is 2.08. The standard InChI is InChI=1S/C13H10ClN3O/c14-10-4-1-3-9(7-10)8-12-16-15-11-5-2-6-13(18)17(11)12/h1-7,15H,8H2. The number of nitrogens with one attached hydrogen (secondary N) is 1. The number of halogens is 1. The first kappa shape index (κ1) is 11.0. The molecule has 0 spiro atoms. The minimum Gasteiger partial charge on any atom is -0.269 e. The van der Waals surface area contributed by atoms with Gasteiger partial charge in [0.1, 0.15) is 11.5 Å². The Bertz CT molecular complexity index is 760. The molecule has 0 aliphatic carbocycles. The molecule has 0 fully saturated rings. The lowest BCUT2D eigenvalue weighted by Gasteiger charge is -2.00. The van der Waals surface area contributed by atoms with Gasteiger partial charge < -0.3 is 0 Å². The van der Waals surface area contributed by atoms with Gasteiger partial charge in [0.2, 0.25) is 0 Å². The van der Waals surface area contributed by atoms with Crippen LogP contribution >= 0.6 is 11.6 Å². The van der Waals surface area contributed by atoms with Gasteiger partial charge in [0.05, 0.1) is 0 Å². The first-order valence-corrected chi connectivity index (χ1v) is 5.91. The van der Waals surface area contributed by atoms with Crippen LogP contribution in [0.4, 0.5) is 0 Å². The summed E-state index contributed by atoms with van der Waals surface area (Å²) < 4.78 is 1.57. The number of rotatable bonds is 2. The lowest BCUT2D eigenvalue weighted by Crippen LogP contribution is -2.13. The molecular formula is C13H10ClN3O. The summed E-state index contributed by atoms with van der Waals surface area (Å²) in [7, 11) is 0. The zero-order valence-electron chi connectivity index (χ0n) is 9.43. The summed E-state index contributed by atoms with van der Waals surface area (Å²) in [5, 5.41) is 7.70. The van der Waals surface area contributed by atoms with Crippen molar-refractivity contribution >= 4 is 17.2 Å². The fourth-order valence-electron chi connectivity index (χ4n) is 1.96. The summed E-state index contributed by atoms with van der Waals surface area (Å²) in [4.78, 5) is 11.8. The number of aromatic nitrogens is 3. The largest absolute Gasteiger partial charge is 0.269 e. The summed E-state index contributed by atoms with van der Waals surface area (Å²) in [6, 6.07) is 12.6. The van der Waals surface area contributed by atoms with E-state index < -0.39 is 0 Å². The summed E-state index contributed by atoms with van der Waals surface area (Å²) >= 11 is 5.94. The number of pyridine rings is 1. The van der Waals surface area contributed by atoms with Crippen LogP contribution in [0.5, 0.6) is 0 Å². The number of hydrogen-bond donors (Lipinski definition) is 1. The minimum absolute atomic E-state index is 0.0849. The predicted molar refractivity (Wildman–Crippen MR) is 70.1 cm³/mol. The van der Waals surface area contributed by atoms with E-state index in [1.807, 2.05) is 30.3 Å². The lowest BCUT2D eigenvalue weighted by atomic mass is 10.1. The maximum atomic E-state index is 11.8. The number of aromatic amines is 1. The highest BCUT2D eigenvalue weighted by Gasteiger charge is 2.07. The third kappa shape index (κ3) is 1.91. The van der Waals surface area contributed by atoms with E-state index in [1.54, 1.807) is 10.5 Å². The molecule has 4 nitrogen and oxygen atoms in total. The minimum atomic E-state index is -0.0849. The second-order valence-corrected chi connectivity index (χ2v) is 4.47. The third-order valence-corrected chi connectivity index (χ3v) is 3.00. The van der Waals surface area contributed by atoms with Crippen LogP contribution in [0.15, 0.2) is 47.3 Å². The maximum Gasteiger partial charge on any atom is 0.257 e. The van der Waals surface area contributed by atoms with Crippen molar-refractivity contribution in [3.8, 4) is 0 Å². The average Bonchev–Trinajstić information content (AvgIpc) is 2.74. The van der Waals surface area contributed by atoms with Crippen molar-refractivity contribution in [3.63, 3.8) is 0 Å². The van der Waals surface area contributed by atoms with Crippen LogP contribution in [0, 0.1) is 0 Å². The Morgan fingerprint density at radius 2 is 2.06 bits per heavy atom. The van der Waals surface area contributed by atoms with Crippen molar-refractivity contribution in [2.75, 3.05) is 0 Å². The van der Waals surface area contributed by atoms with Crippen LogP contribution in [0.1, 0.15) is 11.4 Å². The van der Waals surface area contributed by atoms with Gasteiger partial charge in [0.15, 0.2) is 0 Å². The molecule has 1 N–H and O–H groups in total. The molecule has 0 radical (unpaired) electrons. The van der Waals surface area contributed by atoms with Gasteiger partial charge in [0.25, 0.3) is 5.56 Å². The number of nitrogens with zero attached hydrogens (tertiary/aromatic N) is 2. The summed E-state index contributed by atoms with van der Waals surface area (Å²) in [6.07, 6.45) is 0.560. The molecule has 0 atom stereocenters. The van der Waals surface area contributed by atoms with E-state index in [0.29, 0.717) is 22.9 Å². The first-order valence-electron chi connectivity index (χ1n) is 5.53.